The Balaban J connectivity index is 1.41. The minimum Gasteiger partial charge on any atom is -0.481 e. The van der Waals surface area contributed by atoms with E-state index in [0.717, 1.165) is 22.3 Å². The van der Waals surface area contributed by atoms with Crippen molar-refractivity contribution in [2.45, 2.75) is 75.4 Å². The van der Waals surface area contributed by atoms with Crippen LogP contribution < -0.4 is 21.3 Å². The molecule has 5 N–H and O–H groups in total. The van der Waals surface area contributed by atoms with Crippen molar-refractivity contribution in [2.75, 3.05) is 18.9 Å². The Morgan fingerprint density at radius 1 is 0.833 bits per heavy atom. The van der Waals surface area contributed by atoms with Gasteiger partial charge in [0, 0.05) is 25.3 Å². The molecule has 48 heavy (non-hydrogen) atoms. The van der Waals surface area contributed by atoms with Crippen molar-refractivity contribution in [1.82, 2.24) is 21.3 Å². The third-order valence-electron chi connectivity index (χ3n) is 7.86. The van der Waals surface area contributed by atoms with E-state index in [4.69, 9.17) is 9.84 Å². The molecule has 3 atom stereocenters. The molecule has 1 aliphatic rings. The standard InChI is InChI=1S/C34H42N4O9S/c39-17-15-22(20-40)36-33(45)29(19-31(42)43)37-30(41)14-2-1-7-16-35-32(44)28(13-8-18-48)38-34(46)47-21-27-25-11-5-3-9-23(25)24-10-4-6-12-26(24)27/h3-6,9-12,17,20,22,27-29,48H,1-2,7-8,13-16,18-19,21H2,(H,35,44)(H,36,45)(H,37,41)(H,38,46)(H,42,43). The highest BCUT2D eigenvalue weighted by atomic mass is 32.1. The predicted octanol–water partition coefficient (Wildman–Crippen LogP) is 2.51. The number of rotatable bonds is 21. The second kappa shape index (κ2) is 19.8. The molecule has 0 fully saturated rings. The number of aliphatic carboxylic acids is 1. The van der Waals surface area contributed by atoms with Crippen LogP contribution in [0.3, 0.4) is 0 Å². The Morgan fingerprint density at radius 3 is 2.10 bits per heavy atom. The van der Waals surface area contributed by atoms with Crippen LogP contribution in [0.4, 0.5) is 4.79 Å². The number of fused-ring (bicyclic) bond motifs is 3. The minimum absolute atomic E-state index is 0.00327. The van der Waals surface area contributed by atoms with Crippen LogP contribution in [0.25, 0.3) is 11.1 Å². The minimum atomic E-state index is -1.42. The first-order valence-electron chi connectivity index (χ1n) is 15.9. The number of hydrogen-bond acceptors (Lipinski definition) is 9. The largest absolute Gasteiger partial charge is 0.481 e. The average Bonchev–Trinajstić information content (AvgIpc) is 3.39. The zero-order valence-electron chi connectivity index (χ0n) is 26.5. The summed E-state index contributed by atoms with van der Waals surface area (Å²) in [6.45, 7) is 0.410. The van der Waals surface area contributed by atoms with Gasteiger partial charge in [-0.2, -0.15) is 12.6 Å². The molecule has 0 saturated carbocycles. The van der Waals surface area contributed by atoms with Gasteiger partial charge in [-0.3, -0.25) is 19.2 Å². The van der Waals surface area contributed by atoms with Gasteiger partial charge in [-0.15, -0.1) is 0 Å². The first-order valence-corrected chi connectivity index (χ1v) is 16.5. The lowest BCUT2D eigenvalue weighted by molar-refractivity contribution is -0.141. The number of carboxylic acids is 1. The van der Waals surface area contributed by atoms with Crippen LogP contribution in [-0.4, -0.2) is 84.5 Å². The lowest BCUT2D eigenvalue weighted by Crippen LogP contribution is -2.51. The van der Waals surface area contributed by atoms with E-state index >= 15 is 0 Å². The highest BCUT2D eigenvalue weighted by molar-refractivity contribution is 7.80. The summed E-state index contributed by atoms with van der Waals surface area (Å²) in [5, 5.41) is 19.2. The first kappa shape index (κ1) is 37.7. The Morgan fingerprint density at radius 2 is 1.50 bits per heavy atom. The molecule has 1 aliphatic carbocycles. The van der Waals surface area contributed by atoms with Crippen LogP contribution in [0.2, 0.25) is 0 Å². The third-order valence-corrected chi connectivity index (χ3v) is 8.17. The summed E-state index contributed by atoms with van der Waals surface area (Å²) in [5.74, 6) is -2.72. The molecule has 2 aromatic carbocycles. The van der Waals surface area contributed by atoms with Crippen molar-refractivity contribution in [3.8, 4) is 11.1 Å². The van der Waals surface area contributed by atoms with Crippen LogP contribution >= 0.6 is 12.6 Å². The summed E-state index contributed by atoms with van der Waals surface area (Å²) in [6, 6.07) is 12.6. The highest BCUT2D eigenvalue weighted by Crippen LogP contribution is 2.44. The molecule has 0 bridgehead atoms. The molecular formula is C34H42N4O9S. The van der Waals surface area contributed by atoms with Crippen LogP contribution in [-0.2, 0) is 33.5 Å². The smallest absolute Gasteiger partial charge is 0.407 e. The average molecular weight is 683 g/mol. The maximum Gasteiger partial charge on any atom is 0.407 e. The van der Waals surface area contributed by atoms with Gasteiger partial charge in [-0.05, 0) is 53.7 Å². The molecule has 0 saturated heterocycles. The molecule has 258 valence electrons. The highest BCUT2D eigenvalue weighted by Gasteiger charge is 2.30. The summed E-state index contributed by atoms with van der Waals surface area (Å²) in [4.78, 5) is 83.3. The van der Waals surface area contributed by atoms with E-state index in [0.29, 0.717) is 50.4 Å². The van der Waals surface area contributed by atoms with Gasteiger partial charge < -0.3 is 40.7 Å². The maximum absolute atomic E-state index is 12.9. The fourth-order valence-electron chi connectivity index (χ4n) is 5.45. The van der Waals surface area contributed by atoms with Crippen LogP contribution in [0.5, 0.6) is 0 Å². The van der Waals surface area contributed by atoms with Gasteiger partial charge in [0.2, 0.25) is 17.7 Å². The van der Waals surface area contributed by atoms with Gasteiger partial charge in [-0.1, -0.05) is 55.0 Å². The van der Waals surface area contributed by atoms with Crippen molar-refractivity contribution < 1.29 is 43.4 Å². The van der Waals surface area contributed by atoms with E-state index in [-0.39, 0.29) is 37.8 Å². The number of thiol groups is 1. The topological polar surface area (TPSA) is 197 Å². The number of unbranched alkanes of at least 4 members (excludes halogenated alkanes) is 2. The fraction of sp³-hybridized carbons (Fsp3) is 0.441. The van der Waals surface area contributed by atoms with Crippen molar-refractivity contribution >= 4 is 55.0 Å². The summed E-state index contributed by atoms with van der Waals surface area (Å²) in [7, 11) is 0. The SMILES string of the molecule is O=CCC(C=O)NC(=O)C(CC(=O)O)NC(=O)CCCCCNC(=O)C(CCCS)NC(=O)OCC1c2ccccc2-c2ccccc21. The van der Waals surface area contributed by atoms with Gasteiger partial charge in [0.1, 0.15) is 31.3 Å². The van der Waals surface area contributed by atoms with Crippen LogP contribution in [0.15, 0.2) is 48.5 Å². The molecule has 13 nitrogen and oxygen atoms in total. The number of amides is 4. The number of benzene rings is 2. The molecule has 3 unspecified atom stereocenters. The van der Waals surface area contributed by atoms with Crippen molar-refractivity contribution in [2.24, 2.45) is 0 Å². The Labute approximate surface area is 284 Å². The molecule has 2 aromatic rings. The van der Waals surface area contributed by atoms with E-state index in [2.05, 4.69) is 33.9 Å². The maximum atomic E-state index is 12.9. The number of hydrogen-bond donors (Lipinski definition) is 6. The number of ether oxygens (including phenoxy) is 1. The predicted molar refractivity (Wildman–Crippen MR) is 179 cm³/mol. The normalized spacial score (nSPS) is 13.5. The fourth-order valence-corrected chi connectivity index (χ4v) is 5.64. The van der Waals surface area contributed by atoms with E-state index < -0.39 is 48.4 Å². The van der Waals surface area contributed by atoms with Gasteiger partial charge in [0.15, 0.2) is 0 Å². The third kappa shape index (κ3) is 11.5. The summed E-state index contributed by atoms with van der Waals surface area (Å²) >= 11 is 4.22. The number of aldehydes is 2. The summed E-state index contributed by atoms with van der Waals surface area (Å²) in [6.07, 6.45) is 1.54. The Hall–Kier alpha value is -4.72. The van der Waals surface area contributed by atoms with Gasteiger partial charge in [0.25, 0.3) is 0 Å². The molecule has 0 aromatic heterocycles. The number of carbonyl (C=O) groups is 7. The monoisotopic (exact) mass is 682 g/mol. The van der Waals surface area contributed by atoms with E-state index in [9.17, 15) is 33.6 Å². The van der Waals surface area contributed by atoms with Crippen molar-refractivity contribution in [3.63, 3.8) is 0 Å². The lowest BCUT2D eigenvalue weighted by Gasteiger charge is -2.20. The first-order chi connectivity index (χ1) is 23.2. The molecule has 3 rings (SSSR count). The molecule has 0 spiro atoms. The molecule has 0 heterocycles. The van der Waals surface area contributed by atoms with Crippen molar-refractivity contribution in [3.05, 3.63) is 59.7 Å². The van der Waals surface area contributed by atoms with Gasteiger partial charge in [-0.25, -0.2) is 4.79 Å². The van der Waals surface area contributed by atoms with Crippen LogP contribution in [0, 0.1) is 0 Å². The van der Waals surface area contributed by atoms with Crippen molar-refractivity contribution in [1.29, 1.82) is 0 Å². The molecule has 0 radical (unpaired) electrons. The lowest BCUT2D eigenvalue weighted by atomic mass is 9.98. The molecule has 14 heteroatoms. The van der Waals surface area contributed by atoms with Gasteiger partial charge in [0.05, 0.1) is 12.5 Å². The number of nitrogens with one attached hydrogen (secondary N) is 4. The number of carbonyl (C=O) groups excluding carboxylic acids is 6. The van der Waals surface area contributed by atoms with E-state index in [1.54, 1.807) is 0 Å². The zero-order valence-corrected chi connectivity index (χ0v) is 27.4. The molecular weight excluding hydrogens is 640 g/mol. The number of alkyl carbamates (subject to hydrolysis) is 1. The summed E-state index contributed by atoms with van der Waals surface area (Å²) < 4.78 is 5.60. The molecule has 0 aliphatic heterocycles. The van der Waals surface area contributed by atoms with Gasteiger partial charge >= 0.3 is 12.1 Å². The second-order valence-corrected chi connectivity index (χ2v) is 11.8. The number of carboxylic acid groups (broad SMARTS) is 1. The van der Waals surface area contributed by atoms with E-state index in [1.165, 1.54) is 0 Å². The van der Waals surface area contributed by atoms with Crippen LogP contribution in [0.1, 0.15) is 68.4 Å². The zero-order chi connectivity index (χ0) is 34.9. The Kier molecular flexibility index (Phi) is 15.6. The second-order valence-electron chi connectivity index (χ2n) is 11.4. The van der Waals surface area contributed by atoms with E-state index in [1.807, 2.05) is 48.5 Å². The quantitative estimate of drug-likeness (QED) is 0.0651. The summed E-state index contributed by atoms with van der Waals surface area (Å²) in [5.41, 5.74) is 4.38. The molecule has 4 amide bonds. The Bertz CT molecular complexity index is 1410.